The molecule has 1 atom stereocenters. The molecule has 0 radical (unpaired) electrons. The van der Waals surface area contributed by atoms with Crippen LogP contribution in [0.3, 0.4) is 0 Å². The maximum absolute atomic E-state index is 11.6. The van der Waals surface area contributed by atoms with E-state index in [1.165, 1.54) is 6.33 Å². The average molecular weight is 293 g/mol. The molecular weight excluding hydrogens is 278 g/mol. The third-order valence-corrected chi connectivity index (χ3v) is 5.06. The lowest BCUT2D eigenvalue weighted by Crippen LogP contribution is -2.34. The molecule has 2 aromatic rings. The number of nitrogens with one attached hydrogen (secondary N) is 1. The fraction of sp³-hybridized carbons (Fsp3) is 0.417. The first kappa shape index (κ1) is 13.0. The first-order valence-electron chi connectivity index (χ1n) is 6.40. The minimum Gasteiger partial charge on any atom is -0.380 e. The molecule has 1 aliphatic rings. The Hall–Kier alpha value is -1.96. The summed E-state index contributed by atoms with van der Waals surface area (Å²) in [5.41, 5.74) is 0.816. The summed E-state index contributed by atoms with van der Waals surface area (Å²) in [6.07, 6.45) is 6.27. The van der Waals surface area contributed by atoms with Gasteiger partial charge in [0.2, 0.25) is 0 Å². The SMILES string of the molecule is O=S1(=O)CCCC(Nc2ccc(-n3cncn3)nc2)C1. The van der Waals surface area contributed by atoms with Crippen LogP contribution in [0.25, 0.3) is 5.82 Å². The van der Waals surface area contributed by atoms with Crippen molar-refractivity contribution in [3.63, 3.8) is 0 Å². The second-order valence-corrected chi connectivity index (χ2v) is 7.07. The van der Waals surface area contributed by atoms with Crippen molar-refractivity contribution in [2.24, 2.45) is 0 Å². The van der Waals surface area contributed by atoms with E-state index in [2.05, 4.69) is 20.4 Å². The van der Waals surface area contributed by atoms with Crippen LogP contribution in [0.1, 0.15) is 12.8 Å². The molecule has 0 amide bonds. The van der Waals surface area contributed by atoms with Crippen molar-refractivity contribution < 1.29 is 8.42 Å². The van der Waals surface area contributed by atoms with Gasteiger partial charge in [0, 0.05) is 6.04 Å². The smallest absolute Gasteiger partial charge is 0.155 e. The van der Waals surface area contributed by atoms with Gasteiger partial charge in [-0.2, -0.15) is 5.10 Å². The van der Waals surface area contributed by atoms with E-state index < -0.39 is 9.84 Å². The van der Waals surface area contributed by atoms with Gasteiger partial charge in [0.1, 0.15) is 12.7 Å². The van der Waals surface area contributed by atoms with E-state index in [1.54, 1.807) is 17.2 Å². The van der Waals surface area contributed by atoms with E-state index in [4.69, 9.17) is 0 Å². The molecule has 0 aliphatic carbocycles. The lowest BCUT2D eigenvalue weighted by Gasteiger charge is -2.23. The van der Waals surface area contributed by atoms with E-state index in [9.17, 15) is 8.42 Å². The predicted molar refractivity (Wildman–Crippen MR) is 74.5 cm³/mol. The van der Waals surface area contributed by atoms with Gasteiger partial charge in [-0.05, 0) is 25.0 Å². The molecule has 1 fully saturated rings. The summed E-state index contributed by atoms with van der Waals surface area (Å²) in [6.45, 7) is 0. The first-order chi connectivity index (χ1) is 9.62. The highest BCUT2D eigenvalue weighted by atomic mass is 32.2. The minimum absolute atomic E-state index is 0.0345. The van der Waals surface area contributed by atoms with Crippen molar-refractivity contribution in [3.05, 3.63) is 31.0 Å². The summed E-state index contributed by atoms with van der Waals surface area (Å²) in [6, 6.07) is 3.65. The van der Waals surface area contributed by atoms with E-state index in [1.807, 2.05) is 12.1 Å². The molecule has 1 unspecified atom stereocenters. The Morgan fingerprint density at radius 2 is 2.25 bits per heavy atom. The maximum Gasteiger partial charge on any atom is 0.155 e. The predicted octanol–water partition coefficient (Wildman–Crippen LogP) is 0.651. The zero-order valence-corrected chi connectivity index (χ0v) is 11.6. The Morgan fingerprint density at radius 1 is 1.35 bits per heavy atom. The van der Waals surface area contributed by atoms with Crippen LogP contribution in [-0.2, 0) is 9.84 Å². The zero-order valence-electron chi connectivity index (χ0n) is 10.8. The van der Waals surface area contributed by atoms with Gasteiger partial charge in [0.05, 0.1) is 23.4 Å². The van der Waals surface area contributed by atoms with Crippen LogP contribution in [0.5, 0.6) is 0 Å². The van der Waals surface area contributed by atoms with E-state index in [0.717, 1.165) is 12.1 Å². The zero-order chi connectivity index (χ0) is 14.0. The fourth-order valence-electron chi connectivity index (χ4n) is 2.31. The number of hydrogen-bond donors (Lipinski definition) is 1. The molecule has 2 aromatic heterocycles. The molecule has 3 rings (SSSR count). The van der Waals surface area contributed by atoms with Crippen LogP contribution in [0.2, 0.25) is 0 Å². The van der Waals surface area contributed by atoms with Crippen LogP contribution < -0.4 is 5.32 Å². The monoisotopic (exact) mass is 293 g/mol. The van der Waals surface area contributed by atoms with Crippen molar-refractivity contribution in [2.75, 3.05) is 16.8 Å². The largest absolute Gasteiger partial charge is 0.380 e. The standard InChI is InChI=1S/C12H15N5O2S/c18-20(19)5-1-2-11(7-20)16-10-3-4-12(14-6-10)17-9-13-8-15-17/h3-4,6,8-9,11,16H,1-2,5,7H2. The maximum atomic E-state index is 11.6. The van der Waals surface area contributed by atoms with E-state index in [0.29, 0.717) is 18.0 Å². The highest BCUT2D eigenvalue weighted by molar-refractivity contribution is 7.91. The third-order valence-electron chi connectivity index (χ3n) is 3.24. The lowest BCUT2D eigenvalue weighted by atomic mass is 10.2. The molecule has 3 heterocycles. The molecule has 0 saturated carbocycles. The molecule has 106 valence electrons. The molecular formula is C12H15N5O2S. The number of nitrogens with zero attached hydrogens (tertiary/aromatic N) is 4. The number of hydrogen-bond acceptors (Lipinski definition) is 6. The molecule has 1 saturated heterocycles. The molecule has 1 N–H and O–H groups in total. The van der Waals surface area contributed by atoms with Crippen LogP contribution in [0.4, 0.5) is 5.69 Å². The summed E-state index contributed by atoms with van der Waals surface area (Å²) in [7, 11) is -2.90. The topological polar surface area (TPSA) is 89.8 Å². The highest BCUT2D eigenvalue weighted by Crippen LogP contribution is 2.17. The number of aromatic nitrogens is 4. The fourth-order valence-corrected chi connectivity index (χ4v) is 3.94. The molecule has 20 heavy (non-hydrogen) atoms. The van der Waals surface area contributed by atoms with Crippen LogP contribution in [-0.4, -0.2) is 45.7 Å². The summed E-state index contributed by atoms with van der Waals surface area (Å²) < 4.78 is 24.7. The average Bonchev–Trinajstić information content (AvgIpc) is 2.92. The Labute approximate surface area is 117 Å². The Kier molecular flexibility index (Phi) is 3.39. The van der Waals surface area contributed by atoms with Crippen molar-refractivity contribution in [2.45, 2.75) is 18.9 Å². The molecule has 1 aliphatic heterocycles. The van der Waals surface area contributed by atoms with Gasteiger partial charge in [-0.15, -0.1) is 0 Å². The Morgan fingerprint density at radius 3 is 2.90 bits per heavy atom. The molecule has 8 heteroatoms. The number of rotatable bonds is 3. The number of anilines is 1. The van der Waals surface area contributed by atoms with Gasteiger partial charge in [-0.1, -0.05) is 0 Å². The number of pyridine rings is 1. The van der Waals surface area contributed by atoms with Crippen LogP contribution in [0.15, 0.2) is 31.0 Å². The number of sulfone groups is 1. The van der Waals surface area contributed by atoms with Gasteiger partial charge in [0.15, 0.2) is 15.7 Å². The summed E-state index contributed by atoms with van der Waals surface area (Å²) >= 11 is 0. The van der Waals surface area contributed by atoms with E-state index >= 15 is 0 Å². The van der Waals surface area contributed by atoms with Crippen molar-refractivity contribution >= 4 is 15.5 Å². The molecule has 0 aromatic carbocycles. The second-order valence-electron chi connectivity index (χ2n) is 4.84. The second kappa shape index (κ2) is 5.20. The van der Waals surface area contributed by atoms with Crippen LogP contribution in [0, 0.1) is 0 Å². The first-order valence-corrected chi connectivity index (χ1v) is 8.22. The normalized spacial score (nSPS) is 21.5. The molecule has 0 bridgehead atoms. The summed E-state index contributed by atoms with van der Waals surface area (Å²) in [5.74, 6) is 1.16. The lowest BCUT2D eigenvalue weighted by molar-refractivity contribution is 0.562. The molecule has 7 nitrogen and oxygen atoms in total. The van der Waals surface area contributed by atoms with Gasteiger partial charge in [0.25, 0.3) is 0 Å². The van der Waals surface area contributed by atoms with Crippen molar-refractivity contribution in [3.8, 4) is 5.82 Å². The summed E-state index contributed by atoms with van der Waals surface area (Å²) in [5, 5.41) is 7.22. The summed E-state index contributed by atoms with van der Waals surface area (Å²) in [4.78, 5) is 8.13. The van der Waals surface area contributed by atoms with E-state index in [-0.39, 0.29) is 11.8 Å². The van der Waals surface area contributed by atoms with Gasteiger partial charge < -0.3 is 5.32 Å². The van der Waals surface area contributed by atoms with Gasteiger partial charge >= 0.3 is 0 Å². The molecule has 0 spiro atoms. The van der Waals surface area contributed by atoms with Crippen LogP contribution >= 0.6 is 0 Å². The third kappa shape index (κ3) is 2.96. The Balaban J connectivity index is 1.69. The highest BCUT2D eigenvalue weighted by Gasteiger charge is 2.24. The quantitative estimate of drug-likeness (QED) is 0.893. The van der Waals surface area contributed by atoms with Crippen molar-refractivity contribution in [1.29, 1.82) is 0 Å². The van der Waals surface area contributed by atoms with Gasteiger partial charge in [-0.25, -0.2) is 23.1 Å². The minimum atomic E-state index is -2.90. The van der Waals surface area contributed by atoms with Crippen molar-refractivity contribution in [1.82, 2.24) is 19.7 Å². The Bertz CT molecular complexity index is 666. The van der Waals surface area contributed by atoms with Gasteiger partial charge in [-0.3, -0.25) is 0 Å².